The van der Waals surface area contributed by atoms with Crippen LogP contribution < -0.4 is 16.4 Å². The minimum absolute atomic E-state index is 0.0813. The molecule has 0 fully saturated rings. The highest BCUT2D eigenvalue weighted by atomic mass is 16.1. The monoisotopic (exact) mass is 405 g/mol. The van der Waals surface area contributed by atoms with Crippen LogP contribution in [-0.4, -0.2) is 32.9 Å². The van der Waals surface area contributed by atoms with Crippen molar-refractivity contribution < 1.29 is 4.79 Å². The van der Waals surface area contributed by atoms with E-state index in [9.17, 15) is 4.79 Å². The van der Waals surface area contributed by atoms with Crippen molar-refractivity contribution in [2.45, 2.75) is 33.2 Å². The Hall–Kier alpha value is -3.68. The van der Waals surface area contributed by atoms with Crippen molar-refractivity contribution in [3.63, 3.8) is 0 Å². The molecule has 0 saturated heterocycles. The Morgan fingerprint density at radius 2 is 1.93 bits per heavy atom. The lowest BCUT2D eigenvalue weighted by Crippen LogP contribution is -2.29. The standard InChI is InChI=1S/C22H27N7O/c1-5-16-17(12-23)18(24)10-11-19(16)26-22-27-20(28-29(22)4)14-6-8-15(9-7-14)21(30)25-13(2)3/h6-13,23H,5,24H2,1-4H3,(H,25,30)(H,26,27,28). The summed E-state index contributed by atoms with van der Waals surface area (Å²) in [6.45, 7) is 5.87. The van der Waals surface area contributed by atoms with Gasteiger partial charge in [0.2, 0.25) is 5.95 Å². The van der Waals surface area contributed by atoms with Crippen molar-refractivity contribution in [2.75, 3.05) is 11.1 Å². The summed E-state index contributed by atoms with van der Waals surface area (Å²) in [4.78, 5) is 16.7. The van der Waals surface area contributed by atoms with Crippen LogP contribution in [0.2, 0.25) is 0 Å². The van der Waals surface area contributed by atoms with Gasteiger partial charge in [0.15, 0.2) is 5.82 Å². The Labute approximate surface area is 176 Å². The largest absolute Gasteiger partial charge is 0.398 e. The van der Waals surface area contributed by atoms with E-state index in [1.165, 1.54) is 6.21 Å². The first kappa shape index (κ1) is 21.0. The number of benzene rings is 2. The molecule has 0 unspecified atom stereocenters. The Morgan fingerprint density at radius 3 is 2.53 bits per heavy atom. The molecular weight excluding hydrogens is 378 g/mol. The van der Waals surface area contributed by atoms with Gasteiger partial charge in [0.25, 0.3) is 5.91 Å². The summed E-state index contributed by atoms with van der Waals surface area (Å²) in [5.74, 6) is 1.02. The zero-order valence-electron chi connectivity index (χ0n) is 17.7. The Balaban J connectivity index is 1.86. The van der Waals surface area contributed by atoms with E-state index >= 15 is 0 Å². The molecule has 0 aliphatic heterocycles. The van der Waals surface area contributed by atoms with E-state index in [-0.39, 0.29) is 11.9 Å². The van der Waals surface area contributed by atoms with Crippen molar-refractivity contribution in [3.8, 4) is 11.4 Å². The number of aromatic nitrogens is 3. The van der Waals surface area contributed by atoms with Gasteiger partial charge in [0.1, 0.15) is 0 Å². The van der Waals surface area contributed by atoms with Crippen LogP contribution in [0.25, 0.3) is 11.4 Å². The molecular formula is C22H27N7O. The molecule has 0 aliphatic carbocycles. The Morgan fingerprint density at radius 1 is 1.23 bits per heavy atom. The Bertz CT molecular complexity index is 1070. The maximum absolute atomic E-state index is 12.1. The van der Waals surface area contributed by atoms with Crippen molar-refractivity contribution in [3.05, 3.63) is 53.1 Å². The molecule has 156 valence electrons. The number of anilines is 3. The average Bonchev–Trinajstić information content (AvgIpc) is 3.08. The molecule has 0 saturated carbocycles. The smallest absolute Gasteiger partial charge is 0.251 e. The number of hydrogen-bond donors (Lipinski definition) is 4. The van der Waals surface area contributed by atoms with Crippen LogP contribution in [0.4, 0.5) is 17.3 Å². The number of hydrogen-bond acceptors (Lipinski definition) is 6. The van der Waals surface area contributed by atoms with Crippen LogP contribution >= 0.6 is 0 Å². The van der Waals surface area contributed by atoms with Gasteiger partial charge in [-0.3, -0.25) is 4.79 Å². The molecule has 0 aliphatic rings. The summed E-state index contributed by atoms with van der Waals surface area (Å²) in [5, 5.41) is 18.3. The summed E-state index contributed by atoms with van der Waals surface area (Å²) >= 11 is 0. The van der Waals surface area contributed by atoms with Crippen LogP contribution in [0.1, 0.15) is 42.3 Å². The van der Waals surface area contributed by atoms with E-state index in [1.54, 1.807) is 22.9 Å². The fourth-order valence-corrected chi connectivity index (χ4v) is 3.20. The second kappa shape index (κ2) is 8.77. The third-order valence-corrected chi connectivity index (χ3v) is 4.72. The predicted octanol–water partition coefficient (Wildman–Crippen LogP) is 3.51. The molecule has 8 heteroatoms. The number of aryl methyl sites for hydroxylation is 1. The van der Waals surface area contributed by atoms with Gasteiger partial charge in [-0.2, -0.15) is 4.98 Å². The molecule has 3 aromatic rings. The highest BCUT2D eigenvalue weighted by Crippen LogP contribution is 2.28. The van der Waals surface area contributed by atoms with E-state index in [2.05, 4.69) is 20.7 Å². The minimum atomic E-state index is -0.106. The van der Waals surface area contributed by atoms with Gasteiger partial charge in [0, 0.05) is 47.4 Å². The highest BCUT2D eigenvalue weighted by Gasteiger charge is 2.14. The third-order valence-electron chi connectivity index (χ3n) is 4.72. The molecule has 0 bridgehead atoms. The SMILES string of the molecule is CCc1c(Nc2nc(-c3ccc(C(=O)NC(C)C)cc3)nn2C)ccc(N)c1C=N. The van der Waals surface area contributed by atoms with Gasteiger partial charge >= 0.3 is 0 Å². The van der Waals surface area contributed by atoms with Crippen LogP contribution in [0.15, 0.2) is 36.4 Å². The van der Waals surface area contributed by atoms with Gasteiger partial charge in [-0.1, -0.05) is 19.1 Å². The van der Waals surface area contributed by atoms with Gasteiger partial charge in [0.05, 0.1) is 0 Å². The fraction of sp³-hybridized carbons (Fsp3) is 0.273. The number of carbonyl (C=O) groups excluding carboxylic acids is 1. The van der Waals surface area contributed by atoms with Crippen molar-refractivity contribution >= 4 is 29.4 Å². The van der Waals surface area contributed by atoms with Crippen molar-refractivity contribution in [1.29, 1.82) is 5.41 Å². The molecule has 8 nitrogen and oxygen atoms in total. The second-order valence-corrected chi connectivity index (χ2v) is 7.31. The molecule has 1 amide bonds. The van der Waals surface area contributed by atoms with Crippen molar-refractivity contribution in [2.24, 2.45) is 7.05 Å². The lowest BCUT2D eigenvalue weighted by Gasteiger charge is -2.14. The summed E-state index contributed by atoms with van der Waals surface area (Å²) in [6, 6.07) is 10.9. The first-order valence-electron chi connectivity index (χ1n) is 9.85. The number of nitrogens with two attached hydrogens (primary N) is 1. The van der Waals surface area contributed by atoms with Crippen LogP contribution in [-0.2, 0) is 13.5 Å². The third kappa shape index (κ3) is 4.32. The molecule has 0 spiro atoms. The van der Waals surface area contributed by atoms with Crippen molar-refractivity contribution in [1.82, 2.24) is 20.1 Å². The second-order valence-electron chi connectivity index (χ2n) is 7.31. The summed E-state index contributed by atoms with van der Waals surface area (Å²) in [7, 11) is 1.81. The zero-order valence-corrected chi connectivity index (χ0v) is 17.7. The van der Waals surface area contributed by atoms with E-state index in [1.807, 2.05) is 46.0 Å². The molecule has 2 aromatic carbocycles. The first-order valence-corrected chi connectivity index (χ1v) is 9.85. The van der Waals surface area contributed by atoms with E-state index in [0.717, 1.165) is 23.2 Å². The number of nitrogens with zero attached hydrogens (tertiary/aromatic N) is 3. The topological polar surface area (TPSA) is 122 Å². The normalized spacial score (nSPS) is 10.8. The van der Waals surface area contributed by atoms with Gasteiger partial charge in [-0.25, -0.2) is 4.68 Å². The van der Waals surface area contributed by atoms with Gasteiger partial charge in [-0.05, 0) is 50.1 Å². The quantitative estimate of drug-likeness (QED) is 0.354. The zero-order chi connectivity index (χ0) is 21.8. The molecule has 1 aromatic heterocycles. The number of nitrogen functional groups attached to an aromatic ring is 1. The summed E-state index contributed by atoms with van der Waals surface area (Å²) in [5.41, 5.74) is 10.5. The van der Waals surface area contributed by atoms with E-state index in [4.69, 9.17) is 11.1 Å². The number of nitrogens with one attached hydrogen (secondary N) is 3. The molecule has 0 atom stereocenters. The molecule has 3 rings (SSSR count). The van der Waals surface area contributed by atoms with Crippen LogP contribution in [0.3, 0.4) is 0 Å². The molecule has 0 radical (unpaired) electrons. The van der Waals surface area contributed by atoms with Crippen LogP contribution in [0, 0.1) is 5.41 Å². The number of amides is 1. The summed E-state index contributed by atoms with van der Waals surface area (Å²) < 4.78 is 1.66. The summed E-state index contributed by atoms with van der Waals surface area (Å²) in [6.07, 6.45) is 2.00. The van der Waals surface area contributed by atoms with E-state index < -0.39 is 0 Å². The first-order chi connectivity index (χ1) is 14.3. The number of carbonyl (C=O) groups is 1. The minimum Gasteiger partial charge on any atom is -0.398 e. The fourth-order valence-electron chi connectivity index (χ4n) is 3.20. The Kier molecular flexibility index (Phi) is 6.15. The lowest BCUT2D eigenvalue weighted by molar-refractivity contribution is 0.0943. The lowest BCUT2D eigenvalue weighted by atomic mass is 10.0. The van der Waals surface area contributed by atoms with E-state index in [0.29, 0.717) is 28.6 Å². The predicted molar refractivity (Wildman–Crippen MR) is 120 cm³/mol. The van der Waals surface area contributed by atoms with Gasteiger partial charge in [-0.15, -0.1) is 5.10 Å². The molecule has 30 heavy (non-hydrogen) atoms. The van der Waals surface area contributed by atoms with Gasteiger partial charge < -0.3 is 21.8 Å². The van der Waals surface area contributed by atoms with Crippen LogP contribution in [0.5, 0.6) is 0 Å². The number of rotatable bonds is 7. The highest BCUT2D eigenvalue weighted by molar-refractivity contribution is 5.94. The maximum atomic E-state index is 12.1. The molecule has 1 heterocycles. The maximum Gasteiger partial charge on any atom is 0.251 e. The average molecular weight is 406 g/mol. The molecule has 5 N–H and O–H groups in total.